The molecule has 0 bridgehead atoms. The molecule has 0 aliphatic rings. The lowest BCUT2D eigenvalue weighted by molar-refractivity contribution is 0.566. The third-order valence-electron chi connectivity index (χ3n) is 0.864. The average molecular weight is 173 g/mol. The molecule has 52 valence electrons. The molecule has 1 atom stereocenters. The summed E-state index contributed by atoms with van der Waals surface area (Å²) in [5.41, 5.74) is 0. The first-order valence-corrected chi connectivity index (χ1v) is 4.27. The van der Waals surface area contributed by atoms with Crippen LogP contribution in [-0.2, 0) is 11.1 Å². The van der Waals surface area contributed by atoms with Crippen LogP contribution in [0, 0.1) is 11.3 Å². The van der Waals surface area contributed by atoms with Crippen LogP contribution in [0.5, 0.6) is 0 Å². The fraction of sp³-hybridized carbons (Fsp3) is 0. The SMILES string of the molecule is N#Cc1ccc(S(=O)O)s1. The van der Waals surface area contributed by atoms with E-state index < -0.39 is 11.1 Å². The molecule has 0 radical (unpaired) electrons. The molecule has 5 heteroatoms. The van der Waals surface area contributed by atoms with Crippen LogP contribution in [0.2, 0.25) is 0 Å². The van der Waals surface area contributed by atoms with Gasteiger partial charge in [-0.15, -0.1) is 11.3 Å². The lowest BCUT2D eigenvalue weighted by atomic mass is 10.5. The zero-order chi connectivity index (χ0) is 7.56. The van der Waals surface area contributed by atoms with Crippen LogP contribution < -0.4 is 0 Å². The molecule has 0 fully saturated rings. The molecule has 0 amide bonds. The molecule has 0 saturated heterocycles. The molecule has 1 rings (SSSR count). The predicted octanol–water partition coefficient (Wildman–Crippen LogP) is 1.20. The molecule has 0 aromatic carbocycles. The second kappa shape index (κ2) is 2.92. The quantitative estimate of drug-likeness (QED) is 0.649. The Morgan fingerprint density at radius 3 is 2.70 bits per heavy atom. The molecule has 3 nitrogen and oxygen atoms in total. The Morgan fingerprint density at radius 1 is 1.70 bits per heavy atom. The summed E-state index contributed by atoms with van der Waals surface area (Å²) >= 11 is -0.913. The third-order valence-corrected chi connectivity index (χ3v) is 2.81. The van der Waals surface area contributed by atoms with Crippen LogP contribution >= 0.6 is 11.3 Å². The Hall–Kier alpha value is -0.700. The predicted molar refractivity (Wildman–Crippen MR) is 38.1 cm³/mol. The smallest absolute Gasteiger partial charge is 0.196 e. The summed E-state index contributed by atoms with van der Waals surface area (Å²) < 4.78 is 19.2. The van der Waals surface area contributed by atoms with E-state index in [0.717, 1.165) is 11.3 Å². The molecule has 0 spiro atoms. The van der Waals surface area contributed by atoms with Gasteiger partial charge in [-0.05, 0) is 12.1 Å². The summed E-state index contributed by atoms with van der Waals surface area (Å²) in [7, 11) is 0. The minimum absolute atomic E-state index is 0.316. The number of hydrogen-bond donors (Lipinski definition) is 1. The van der Waals surface area contributed by atoms with Gasteiger partial charge in [0, 0.05) is 0 Å². The first-order chi connectivity index (χ1) is 4.74. The van der Waals surface area contributed by atoms with Gasteiger partial charge in [-0.2, -0.15) is 5.26 Å². The van der Waals surface area contributed by atoms with Gasteiger partial charge in [-0.1, -0.05) is 0 Å². The van der Waals surface area contributed by atoms with Gasteiger partial charge >= 0.3 is 0 Å². The van der Waals surface area contributed by atoms with Crippen LogP contribution in [0.4, 0.5) is 0 Å². The van der Waals surface area contributed by atoms with Crippen LogP contribution in [0.15, 0.2) is 16.3 Å². The van der Waals surface area contributed by atoms with E-state index in [9.17, 15) is 4.21 Å². The zero-order valence-corrected chi connectivity index (χ0v) is 6.41. The molecular formula is C5H3NO2S2. The van der Waals surface area contributed by atoms with Crippen molar-refractivity contribution in [2.45, 2.75) is 4.21 Å². The highest BCUT2D eigenvalue weighted by Crippen LogP contribution is 2.17. The molecule has 0 aliphatic heterocycles. The lowest BCUT2D eigenvalue weighted by Crippen LogP contribution is -1.79. The fourth-order valence-corrected chi connectivity index (χ4v) is 1.75. The Kier molecular flexibility index (Phi) is 2.17. The van der Waals surface area contributed by atoms with E-state index >= 15 is 0 Å². The number of hydrogen-bond acceptors (Lipinski definition) is 3. The van der Waals surface area contributed by atoms with Crippen molar-refractivity contribution in [3.63, 3.8) is 0 Å². The molecule has 0 aliphatic carbocycles. The van der Waals surface area contributed by atoms with Crippen LogP contribution in [0.3, 0.4) is 0 Å². The number of nitriles is 1. The standard InChI is InChI=1S/C5H3NO2S2/c6-3-4-1-2-5(9-4)10(7)8/h1-2H,(H,7,8). The number of rotatable bonds is 1. The molecule has 10 heavy (non-hydrogen) atoms. The Morgan fingerprint density at radius 2 is 2.40 bits per heavy atom. The first kappa shape index (κ1) is 7.41. The van der Waals surface area contributed by atoms with Crippen molar-refractivity contribution in [1.29, 1.82) is 5.26 Å². The zero-order valence-electron chi connectivity index (χ0n) is 4.77. The van der Waals surface area contributed by atoms with Gasteiger partial charge in [-0.25, -0.2) is 4.21 Å². The van der Waals surface area contributed by atoms with Gasteiger partial charge in [0.05, 0.1) is 0 Å². The van der Waals surface area contributed by atoms with Crippen molar-refractivity contribution in [2.75, 3.05) is 0 Å². The molecule has 1 unspecified atom stereocenters. The van der Waals surface area contributed by atoms with Crippen molar-refractivity contribution in [2.24, 2.45) is 0 Å². The van der Waals surface area contributed by atoms with Crippen molar-refractivity contribution >= 4 is 22.4 Å². The van der Waals surface area contributed by atoms with Crippen molar-refractivity contribution < 1.29 is 8.76 Å². The van der Waals surface area contributed by atoms with Gasteiger partial charge in [0.15, 0.2) is 11.1 Å². The summed E-state index contributed by atoms with van der Waals surface area (Å²) in [6, 6.07) is 4.87. The monoisotopic (exact) mass is 173 g/mol. The molecule has 1 N–H and O–H groups in total. The van der Waals surface area contributed by atoms with E-state index in [1.54, 1.807) is 0 Å². The minimum atomic E-state index is -1.94. The number of thiophene rings is 1. The third kappa shape index (κ3) is 1.42. The Balaban J connectivity index is 3.02. The van der Waals surface area contributed by atoms with Crippen LogP contribution in [0.1, 0.15) is 4.88 Å². The van der Waals surface area contributed by atoms with Crippen LogP contribution in [0.25, 0.3) is 0 Å². The van der Waals surface area contributed by atoms with E-state index in [2.05, 4.69) is 0 Å². The van der Waals surface area contributed by atoms with E-state index in [4.69, 9.17) is 9.81 Å². The van der Waals surface area contributed by atoms with Gasteiger partial charge in [-0.3, -0.25) is 0 Å². The number of nitrogens with zero attached hydrogens (tertiary/aromatic N) is 1. The largest absolute Gasteiger partial charge is 0.302 e. The molecular weight excluding hydrogens is 170 g/mol. The van der Waals surface area contributed by atoms with Gasteiger partial charge in [0.1, 0.15) is 15.2 Å². The van der Waals surface area contributed by atoms with Crippen molar-refractivity contribution in [1.82, 2.24) is 0 Å². The lowest BCUT2D eigenvalue weighted by Gasteiger charge is -1.80. The highest BCUT2D eigenvalue weighted by atomic mass is 32.2. The maximum absolute atomic E-state index is 10.3. The molecule has 0 saturated carbocycles. The van der Waals surface area contributed by atoms with Crippen molar-refractivity contribution in [3.05, 3.63) is 17.0 Å². The normalized spacial score (nSPS) is 12.4. The molecule has 1 aromatic rings. The fourth-order valence-electron chi connectivity index (χ4n) is 0.474. The van der Waals surface area contributed by atoms with E-state index in [1.165, 1.54) is 12.1 Å². The summed E-state index contributed by atoms with van der Waals surface area (Å²) in [5, 5.41) is 8.31. The highest BCUT2D eigenvalue weighted by molar-refractivity contribution is 7.81. The summed E-state index contributed by atoms with van der Waals surface area (Å²) in [6.45, 7) is 0. The molecule has 1 aromatic heterocycles. The average Bonchev–Trinajstić information content (AvgIpc) is 2.34. The Labute approximate surface area is 64.2 Å². The van der Waals surface area contributed by atoms with E-state index in [0.29, 0.717) is 9.09 Å². The topological polar surface area (TPSA) is 61.1 Å². The summed E-state index contributed by atoms with van der Waals surface area (Å²) in [4.78, 5) is 0.456. The minimum Gasteiger partial charge on any atom is -0.302 e. The first-order valence-electron chi connectivity index (χ1n) is 2.35. The summed E-state index contributed by atoms with van der Waals surface area (Å²) in [5.74, 6) is 0. The molecule has 1 heterocycles. The van der Waals surface area contributed by atoms with E-state index in [-0.39, 0.29) is 0 Å². The van der Waals surface area contributed by atoms with E-state index in [1.807, 2.05) is 6.07 Å². The van der Waals surface area contributed by atoms with Gasteiger partial charge in [0.2, 0.25) is 0 Å². The van der Waals surface area contributed by atoms with Crippen LogP contribution in [-0.4, -0.2) is 8.76 Å². The highest BCUT2D eigenvalue weighted by Gasteiger charge is 2.02. The van der Waals surface area contributed by atoms with Gasteiger partial charge in [0.25, 0.3) is 0 Å². The second-order valence-electron chi connectivity index (χ2n) is 1.48. The second-order valence-corrected chi connectivity index (χ2v) is 3.76. The maximum Gasteiger partial charge on any atom is 0.196 e. The maximum atomic E-state index is 10.3. The van der Waals surface area contributed by atoms with Gasteiger partial charge < -0.3 is 4.55 Å². The summed E-state index contributed by atoms with van der Waals surface area (Å²) in [6.07, 6.45) is 0. The Bertz CT molecular complexity index is 299. The van der Waals surface area contributed by atoms with Crippen molar-refractivity contribution in [3.8, 4) is 6.07 Å².